The summed E-state index contributed by atoms with van der Waals surface area (Å²) in [5, 5.41) is 3.31. The monoisotopic (exact) mass is 532 g/mol. The number of piperidine rings is 1. The summed E-state index contributed by atoms with van der Waals surface area (Å²) >= 11 is 6.26. The van der Waals surface area contributed by atoms with Crippen molar-refractivity contribution in [1.29, 1.82) is 0 Å². The van der Waals surface area contributed by atoms with Crippen molar-refractivity contribution in [2.75, 3.05) is 19.7 Å². The number of aryl methyl sites for hydroxylation is 1. The lowest BCUT2D eigenvalue weighted by Crippen LogP contribution is -2.59. The zero-order valence-corrected chi connectivity index (χ0v) is 21.9. The highest BCUT2D eigenvalue weighted by Crippen LogP contribution is 2.39. The SMILES string of the molecule is Cc1ccccc1C(=O)N1[C@H](C(=O)NCc2ccccn2)COC12CCN(C(=O)c1ccccc1Cl)CC2. The molecule has 8 nitrogen and oxygen atoms in total. The van der Waals surface area contributed by atoms with Gasteiger partial charge in [0, 0.05) is 37.7 Å². The molecule has 0 saturated carbocycles. The van der Waals surface area contributed by atoms with Crippen LogP contribution < -0.4 is 5.32 Å². The predicted octanol–water partition coefficient (Wildman–Crippen LogP) is 3.83. The Morgan fingerprint density at radius 3 is 2.34 bits per heavy atom. The third-order valence-corrected chi connectivity index (χ3v) is 7.59. The summed E-state index contributed by atoms with van der Waals surface area (Å²) in [6, 6.07) is 19.0. The van der Waals surface area contributed by atoms with E-state index in [1.54, 1.807) is 46.3 Å². The molecule has 1 aromatic heterocycles. The van der Waals surface area contributed by atoms with E-state index in [1.807, 2.05) is 43.3 Å². The molecule has 1 spiro atoms. The smallest absolute Gasteiger partial charge is 0.257 e. The first-order valence-corrected chi connectivity index (χ1v) is 13.0. The first-order chi connectivity index (χ1) is 18.4. The van der Waals surface area contributed by atoms with Gasteiger partial charge in [0.1, 0.15) is 11.8 Å². The van der Waals surface area contributed by atoms with Crippen LogP contribution in [-0.4, -0.2) is 64.0 Å². The number of carbonyl (C=O) groups is 3. The van der Waals surface area contributed by atoms with Crippen LogP contribution in [0.25, 0.3) is 0 Å². The number of ether oxygens (including phenoxy) is 1. The number of nitrogens with zero attached hydrogens (tertiary/aromatic N) is 3. The van der Waals surface area contributed by atoms with Crippen LogP contribution in [0.5, 0.6) is 0 Å². The van der Waals surface area contributed by atoms with Gasteiger partial charge in [-0.15, -0.1) is 0 Å². The van der Waals surface area contributed by atoms with Crippen molar-refractivity contribution in [1.82, 2.24) is 20.1 Å². The van der Waals surface area contributed by atoms with E-state index in [9.17, 15) is 14.4 Å². The Labute approximate surface area is 226 Å². The van der Waals surface area contributed by atoms with E-state index in [4.69, 9.17) is 16.3 Å². The molecule has 0 unspecified atom stereocenters. The van der Waals surface area contributed by atoms with Gasteiger partial charge in [0.05, 0.1) is 29.4 Å². The summed E-state index contributed by atoms with van der Waals surface area (Å²) in [6.45, 7) is 2.92. The van der Waals surface area contributed by atoms with E-state index in [2.05, 4.69) is 10.3 Å². The van der Waals surface area contributed by atoms with E-state index in [-0.39, 0.29) is 30.9 Å². The Morgan fingerprint density at radius 1 is 0.974 bits per heavy atom. The van der Waals surface area contributed by atoms with Crippen LogP contribution in [0.1, 0.15) is 44.8 Å². The molecule has 1 atom stereocenters. The Kier molecular flexibility index (Phi) is 7.44. The van der Waals surface area contributed by atoms with Gasteiger partial charge < -0.3 is 15.0 Å². The normalized spacial score (nSPS) is 18.4. The fourth-order valence-corrected chi connectivity index (χ4v) is 5.39. The lowest BCUT2D eigenvalue weighted by Gasteiger charge is -2.44. The number of halogens is 1. The number of hydrogen-bond donors (Lipinski definition) is 1. The zero-order chi connectivity index (χ0) is 26.7. The average molecular weight is 533 g/mol. The van der Waals surface area contributed by atoms with Crippen LogP contribution in [0.15, 0.2) is 72.9 Å². The van der Waals surface area contributed by atoms with E-state index in [0.29, 0.717) is 42.1 Å². The number of pyridine rings is 1. The molecule has 3 heterocycles. The molecule has 0 radical (unpaired) electrons. The summed E-state index contributed by atoms with van der Waals surface area (Å²) in [6.07, 6.45) is 2.43. The van der Waals surface area contributed by atoms with Crippen LogP contribution in [-0.2, 0) is 16.1 Å². The van der Waals surface area contributed by atoms with Gasteiger partial charge in [0.2, 0.25) is 5.91 Å². The number of rotatable bonds is 5. The highest BCUT2D eigenvalue weighted by atomic mass is 35.5. The molecule has 1 N–H and O–H groups in total. The Balaban J connectivity index is 1.38. The van der Waals surface area contributed by atoms with Crippen molar-refractivity contribution in [2.45, 2.75) is 38.1 Å². The molecular weight excluding hydrogens is 504 g/mol. The van der Waals surface area contributed by atoms with E-state index >= 15 is 0 Å². The van der Waals surface area contributed by atoms with Gasteiger partial charge in [-0.1, -0.05) is 48.0 Å². The van der Waals surface area contributed by atoms with Gasteiger partial charge >= 0.3 is 0 Å². The number of aromatic nitrogens is 1. The second-order valence-corrected chi connectivity index (χ2v) is 9.98. The minimum atomic E-state index is -0.996. The molecule has 2 fully saturated rings. The maximum atomic E-state index is 14.0. The number of nitrogens with one attached hydrogen (secondary N) is 1. The highest BCUT2D eigenvalue weighted by Gasteiger charge is 2.54. The molecule has 196 valence electrons. The predicted molar refractivity (Wildman–Crippen MR) is 142 cm³/mol. The van der Waals surface area contributed by atoms with Crippen LogP contribution >= 0.6 is 11.6 Å². The largest absolute Gasteiger partial charge is 0.353 e. The van der Waals surface area contributed by atoms with Gasteiger partial charge in [-0.3, -0.25) is 24.3 Å². The number of carbonyl (C=O) groups excluding carboxylic acids is 3. The third-order valence-electron chi connectivity index (χ3n) is 7.26. The number of benzene rings is 2. The molecule has 0 aliphatic carbocycles. The van der Waals surface area contributed by atoms with Crippen molar-refractivity contribution >= 4 is 29.3 Å². The third kappa shape index (κ3) is 5.01. The molecule has 2 aliphatic rings. The summed E-state index contributed by atoms with van der Waals surface area (Å²) < 4.78 is 6.28. The molecule has 0 bridgehead atoms. The van der Waals surface area contributed by atoms with Crippen molar-refractivity contribution in [3.8, 4) is 0 Å². The molecule has 2 aromatic carbocycles. The van der Waals surface area contributed by atoms with Gasteiger partial charge in [-0.05, 0) is 42.8 Å². The maximum absolute atomic E-state index is 14.0. The van der Waals surface area contributed by atoms with E-state index < -0.39 is 11.8 Å². The second kappa shape index (κ2) is 10.9. The fourth-order valence-electron chi connectivity index (χ4n) is 5.17. The average Bonchev–Trinajstić information content (AvgIpc) is 3.31. The molecule has 3 aromatic rings. The summed E-state index contributed by atoms with van der Waals surface area (Å²) in [5.41, 5.74) is 1.51. The minimum Gasteiger partial charge on any atom is -0.353 e. The van der Waals surface area contributed by atoms with Crippen LogP contribution in [0, 0.1) is 6.92 Å². The van der Waals surface area contributed by atoms with Crippen LogP contribution in [0.3, 0.4) is 0 Å². The lowest BCUT2D eigenvalue weighted by molar-refractivity contribution is -0.128. The molecule has 2 saturated heterocycles. The molecule has 3 amide bonds. The maximum Gasteiger partial charge on any atom is 0.257 e. The number of likely N-dealkylation sites (tertiary alicyclic amines) is 1. The van der Waals surface area contributed by atoms with E-state index in [1.165, 1.54) is 0 Å². The number of amides is 3. The summed E-state index contributed by atoms with van der Waals surface area (Å²) in [5.74, 6) is -0.724. The highest BCUT2D eigenvalue weighted by molar-refractivity contribution is 6.33. The minimum absolute atomic E-state index is 0.0735. The Hall–Kier alpha value is -3.75. The quantitative estimate of drug-likeness (QED) is 0.539. The first kappa shape index (κ1) is 25.9. The molecule has 9 heteroatoms. The van der Waals surface area contributed by atoms with Crippen molar-refractivity contribution in [3.63, 3.8) is 0 Å². The van der Waals surface area contributed by atoms with Gasteiger partial charge in [0.15, 0.2) is 0 Å². The van der Waals surface area contributed by atoms with Crippen LogP contribution in [0.2, 0.25) is 5.02 Å². The Bertz CT molecular complexity index is 1340. The number of hydrogen-bond acceptors (Lipinski definition) is 5. The van der Waals surface area contributed by atoms with E-state index in [0.717, 1.165) is 11.3 Å². The van der Waals surface area contributed by atoms with Gasteiger partial charge in [0.25, 0.3) is 11.8 Å². The summed E-state index contributed by atoms with van der Waals surface area (Å²) in [7, 11) is 0. The van der Waals surface area contributed by atoms with Crippen molar-refractivity contribution in [3.05, 3.63) is 100 Å². The molecule has 5 rings (SSSR count). The molecule has 38 heavy (non-hydrogen) atoms. The van der Waals surface area contributed by atoms with Gasteiger partial charge in [-0.2, -0.15) is 0 Å². The summed E-state index contributed by atoms with van der Waals surface area (Å²) in [4.78, 5) is 48.1. The standard InChI is InChI=1S/C29H29ClN4O4/c1-20-8-2-3-10-22(20)28(37)34-25(26(35)32-18-21-9-6-7-15-31-21)19-38-29(34)13-16-33(17-14-29)27(36)23-11-4-5-12-24(23)30/h2-12,15,25H,13-14,16-19H2,1H3,(H,32,35)/t25-/m0/s1. The van der Waals surface area contributed by atoms with Crippen molar-refractivity contribution in [2.24, 2.45) is 0 Å². The molecular formula is C29H29ClN4O4. The van der Waals surface area contributed by atoms with Crippen molar-refractivity contribution < 1.29 is 19.1 Å². The second-order valence-electron chi connectivity index (χ2n) is 9.57. The van der Waals surface area contributed by atoms with Gasteiger partial charge in [-0.25, -0.2) is 0 Å². The molecule has 2 aliphatic heterocycles. The first-order valence-electron chi connectivity index (χ1n) is 12.6. The Morgan fingerprint density at radius 2 is 1.66 bits per heavy atom. The lowest BCUT2D eigenvalue weighted by atomic mass is 9.95. The fraction of sp³-hybridized carbons (Fsp3) is 0.310. The topological polar surface area (TPSA) is 91.8 Å². The zero-order valence-electron chi connectivity index (χ0n) is 21.1. The van der Waals surface area contributed by atoms with Crippen LogP contribution in [0.4, 0.5) is 0 Å².